The lowest BCUT2D eigenvalue weighted by atomic mass is 10.0. The Labute approximate surface area is 100 Å². The zero-order valence-corrected chi connectivity index (χ0v) is 10.4. The van der Waals surface area contributed by atoms with Crippen LogP contribution in [0.3, 0.4) is 0 Å². The lowest BCUT2D eigenvalue weighted by Crippen LogP contribution is -2.27. The van der Waals surface area contributed by atoms with Crippen molar-refractivity contribution >= 4 is 0 Å². The predicted molar refractivity (Wildman–Crippen MR) is 62.1 cm³/mol. The number of halogens is 3. The van der Waals surface area contributed by atoms with Crippen LogP contribution >= 0.6 is 0 Å². The average molecular weight is 245 g/mol. The van der Waals surface area contributed by atoms with E-state index in [1.54, 1.807) is 0 Å². The molecule has 96 valence electrons. The lowest BCUT2D eigenvalue weighted by Gasteiger charge is -2.16. The largest absolute Gasteiger partial charge is 0.310 e. The topological polar surface area (TPSA) is 12.0 Å². The van der Waals surface area contributed by atoms with Crippen molar-refractivity contribution in [1.82, 2.24) is 5.32 Å². The Hall–Kier alpha value is -1.03. The van der Waals surface area contributed by atoms with Crippen molar-refractivity contribution in [3.05, 3.63) is 35.1 Å². The van der Waals surface area contributed by atoms with Crippen LogP contribution in [0.25, 0.3) is 0 Å². The molecule has 0 fully saturated rings. The highest BCUT2D eigenvalue weighted by Crippen LogP contribution is 2.14. The SMILES string of the molecule is CC(C)CC(C)NCc1cc(F)c(F)cc1F. The van der Waals surface area contributed by atoms with E-state index in [4.69, 9.17) is 0 Å². The van der Waals surface area contributed by atoms with E-state index in [1.807, 2.05) is 6.92 Å². The summed E-state index contributed by atoms with van der Waals surface area (Å²) >= 11 is 0. The van der Waals surface area contributed by atoms with Crippen molar-refractivity contribution in [3.63, 3.8) is 0 Å². The fraction of sp³-hybridized carbons (Fsp3) is 0.538. The monoisotopic (exact) mass is 245 g/mol. The Morgan fingerprint density at radius 1 is 1.00 bits per heavy atom. The van der Waals surface area contributed by atoms with Gasteiger partial charge in [0, 0.05) is 24.2 Å². The van der Waals surface area contributed by atoms with Crippen LogP contribution in [-0.2, 0) is 6.54 Å². The first-order chi connectivity index (χ1) is 7.90. The quantitative estimate of drug-likeness (QED) is 0.781. The van der Waals surface area contributed by atoms with Crippen LogP contribution in [0.4, 0.5) is 13.2 Å². The second kappa shape index (κ2) is 6.05. The third kappa shape index (κ3) is 4.38. The van der Waals surface area contributed by atoms with Crippen LogP contribution in [0.2, 0.25) is 0 Å². The molecule has 1 nitrogen and oxygen atoms in total. The van der Waals surface area contributed by atoms with Crippen LogP contribution in [0, 0.1) is 23.4 Å². The molecule has 0 aliphatic heterocycles. The third-order valence-corrected chi connectivity index (χ3v) is 2.56. The lowest BCUT2D eigenvalue weighted by molar-refractivity contribution is 0.433. The highest BCUT2D eigenvalue weighted by molar-refractivity contribution is 5.19. The summed E-state index contributed by atoms with van der Waals surface area (Å²) in [6.45, 7) is 6.38. The van der Waals surface area contributed by atoms with Crippen molar-refractivity contribution in [2.75, 3.05) is 0 Å². The summed E-state index contributed by atoms with van der Waals surface area (Å²) in [5.74, 6) is -2.35. The van der Waals surface area contributed by atoms with Gasteiger partial charge < -0.3 is 5.32 Å². The molecule has 0 aliphatic rings. The van der Waals surface area contributed by atoms with E-state index in [-0.39, 0.29) is 18.2 Å². The fourth-order valence-corrected chi connectivity index (χ4v) is 1.77. The molecule has 1 atom stereocenters. The summed E-state index contributed by atoms with van der Waals surface area (Å²) < 4.78 is 38.9. The second-order valence-corrected chi connectivity index (χ2v) is 4.77. The Morgan fingerprint density at radius 3 is 2.18 bits per heavy atom. The van der Waals surface area contributed by atoms with Crippen LogP contribution < -0.4 is 5.32 Å². The number of hydrogen-bond donors (Lipinski definition) is 1. The predicted octanol–water partition coefficient (Wildman–Crippen LogP) is 3.63. The van der Waals surface area contributed by atoms with Gasteiger partial charge in [0.1, 0.15) is 5.82 Å². The van der Waals surface area contributed by atoms with Crippen LogP contribution in [0.5, 0.6) is 0 Å². The van der Waals surface area contributed by atoms with E-state index in [0.717, 1.165) is 12.5 Å². The average Bonchev–Trinajstić information content (AvgIpc) is 2.20. The molecule has 0 aromatic heterocycles. The van der Waals surface area contributed by atoms with E-state index < -0.39 is 17.5 Å². The molecular weight excluding hydrogens is 227 g/mol. The Kier molecular flexibility index (Phi) is 5.00. The molecule has 0 saturated heterocycles. The first kappa shape index (κ1) is 14.0. The first-order valence-corrected chi connectivity index (χ1v) is 5.77. The van der Waals surface area contributed by atoms with Gasteiger partial charge in [0.25, 0.3) is 0 Å². The normalized spacial score (nSPS) is 13.1. The number of benzene rings is 1. The minimum atomic E-state index is -1.15. The summed E-state index contributed by atoms with van der Waals surface area (Å²) in [6.07, 6.45) is 0.950. The standard InChI is InChI=1S/C13H18F3N/c1-8(2)4-9(3)17-7-10-5-12(15)13(16)6-11(10)14/h5-6,8-9,17H,4,7H2,1-3H3. The van der Waals surface area contributed by atoms with Crippen molar-refractivity contribution in [2.45, 2.75) is 39.8 Å². The van der Waals surface area contributed by atoms with Gasteiger partial charge in [0.05, 0.1) is 0 Å². The molecule has 1 unspecified atom stereocenters. The van der Waals surface area contributed by atoms with E-state index in [2.05, 4.69) is 19.2 Å². The van der Waals surface area contributed by atoms with Crippen LogP contribution in [-0.4, -0.2) is 6.04 Å². The third-order valence-electron chi connectivity index (χ3n) is 2.56. The van der Waals surface area contributed by atoms with Crippen molar-refractivity contribution in [3.8, 4) is 0 Å². The summed E-state index contributed by atoms with van der Waals surface area (Å²) in [5, 5.41) is 3.09. The maximum absolute atomic E-state index is 13.3. The summed E-state index contributed by atoms with van der Waals surface area (Å²) in [6, 6.07) is 1.70. The molecule has 0 heterocycles. The van der Waals surface area contributed by atoms with E-state index in [9.17, 15) is 13.2 Å². The van der Waals surface area contributed by atoms with Crippen molar-refractivity contribution < 1.29 is 13.2 Å². The van der Waals surface area contributed by atoms with Crippen molar-refractivity contribution in [2.24, 2.45) is 5.92 Å². The molecule has 0 saturated carbocycles. The van der Waals surface area contributed by atoms with Crippen LogP contribution in [0.15, 0.2) is 12.1 Å². The van der Waals surface area contributed by atoms with Crippen molar-refractivity contribution in [1.29, 1.82) is 0 Å². The maximum atomic E-state index is 13.3. The highest BCUT2D eigenvalue weighted by atomic mass is 19.2. The minimum Gasteiger partial charge on any atom is -0.310 e. The van der Waals surface area contributed by atoms with Gasteiger partial charge in [-0.2, -0.15) is 0 Å². The minimum absolute atomic E-state index is 0.152. The maximum Gasteiger partial charge on any atom is 0.161 e. The molecule has 1 N–H and O–H groups in total. The molecular formula is C13H18F3N. The first-order valence-electron chi connectivity index (χ1n) is 5.77. The summed E-state index contributed by atoms with van der Waals surface area (Å²) in [5.41, 5.74) is 0.152. The molecule has 0 aliphatic carbocycles. The summed E-state index contributed by atoms with van der Waals surface area (Å²) in [4.78, 5) is 0. The Bertz CT molecular complexity index is 377. The molecule has 17 heavy (non-hydrogen) atoms. The molecule has 1 rings (SSSR count). The molecule has 0 spiro atoms. The molecule has 0 bridgehead atoms. The highest BCUT2D eigenvalue weighted by Gasteiger charge is 2.11. The number of rotatable bonds is 5. The molecule has 4 heteroatoms. The number of nitrogens with one attached hydrogen (secondary N) is 1. The fourth-order valence-electron chi connectivity index (χ4n) is 1.77. The Morgan fingerprint density at radius 2 is 1.59 bits per heavy atom. The molecule has 0 radical (unpaired) electrons. The van der Waals surface area contributed by atoms with E-state index in [1.165, 1.54) is 0 Å². The Balaban J connectivity index is 2.60. The second-order valence-electron chi connectivity index (χ2n) is 4.77. The van der Waals surface area contributed by atoms with Gasteiger partial charge in [-0.05, 0) is 25.3 Å². The van der Waals surface area contributed by atoms with Gasteiger partial charge in [0.2, 0.25) is 0 Å². The van der Waals surface area contributed by atoms with Gasteiger partial charge in [-0.1, -0.05) is 13.8 Å². The zero-order chi connectivity index (χ0) is 13.0. The molecule has 1 aromatic rings. The van der Waals surface area contributed by atoms with Gasteiger partial charge >= 0.3 is 0 Å². The van der Waals surface area contributed by atoms with Gasteiger partial charge in [-0.25, -0.2) is 13.2 Å². The zero-order valence-electron chi connectivity index (χ0n) is 10.4. The molecule has 0 amide bonds. The number of hydrogen-bond acceptors (Lipinski definition) is 1. The molecule has 1 aromatic carbocycles. The van der Waals surface area contributed by atoms with Gasteiger partial charge in [0.15, 0.2) is 11.6 Å². The van der Waals surface area contributed by atoms with E-state index >= 15 is 0 Å². The summed E-state index contributed by atoms with van der Waals surface area (Å²) in [7, 11) is 0. The smallest absolute Gasteiger partial charge is 0.161 e. The van der Waals surface area contributed by atoms with Gasteiger partial charge in [-0.3, -0.25) is 0 Å². The van der Waals surface area contributed by atoms with E-state index in [0.29, 0.717) is 12.0 Å². The van der Waals surface area contributed by atoms with Crippen LogP contribution in [0.1, 0.15) is 32.8 Å². The van der Waals surface area contributed by atoms with Gasteiger partial charge in [-0.15, -0.1) is 0 Å².